The fourth-order valence-corrected chi connectivity index (χ4v) is 4.77. The van der Waals surface area contributed by atoms with Gasteiger partial charge in [-0.05, 0) is 57.3 Å². The van der Waals surface area contributed by atoms with Crippen LogP contribution < -0.4 is 5.32 Å². The summed E-state index contributed by atoms with van der Waals surface area (Å²) in [5.41, 5.74) is 1.41. The second kappa shape index (κ2) is 11.6. The molecule has 1 N–H and O–H groups in total. The molecule has 2 atom stereocenters. The Labute approximate surface area is 178 Å². The molecule has 1 aromatic rings. The summed E-state index contributed by atoms with van der Waals surface area (Å²) in [5, 5.41) is 3.56. The van der Waals surface area contributed by atoms with Crippen LogP contribution in [0.2, 0.25) is 0 Å². The van der Waals surface area contributed by atoms with Gasteiger partial charge in [0.2, 0.25) is 0 Å². The van der Waals surface area contributed by atoms with Crippen molar-refractivity contribution >= 4 is 5.96 Å². The number of hydrogen-bond acceptors (Lipinski definition) is 3. The van der Waals surface area contributed by atoms with Gasteiger partial charge in [0.05, 0.1) is 6.54 Å². The van der Waals surface area contributed by atoms with Crippen LogP contribution in [0.4, 0.5) is 0 Å². The van der Waals surface area contributed by atoms with Gasteiger partial charge in [-0.2, -0.15) is 0 Å². The Morgan fingerprint density at radius 3 is 2.62 bits per heavy atom. The smallest absolute Gasteiger partial charge is 0.193 e. The maximum Gasteiger partial charge on any atom is 0.193 e. The molecule has 2 heterocycles. The van der Waals surface area contributed by atoms with Gasteiger partial charge in [0.25, 0.3) is 0 Å². The lowest BCUT2D eigenvalue weighted by Gasteiger charge is -2.26. The van der Waals surface area contributed by atoms with Crippen molar-refractivity contribution in [3.8, 4) is 0 Å². The number of nitrogens with zero attached hydrogens (tertiary/aromatic N) is 4. The second-order valence-electron chi connectivity index (χ2n) is 8.53. The van der Waals surface area contributed by atoms with Crippen molar-refractivity contribution in [2.45, 2.75) is 52.6 Å². The van der Waals surface area contributed by atoms with E-state index in [0.717, 1.165) is 57.7 Å². The fraction of sp³-hybridized carbons (Fsp3) is 0.708. The van der Waals surface area contributed by atoms with E-state index in [-0.39, 0.29) is 0 Å². The van der Waals surface area contributed by atoms with Crippen molar-refractivity contribution in [3.05, 3.63) is 35.9 Å². The maximum atomic E-state index is 5.10. The summed E-state index contributed by atoms with van der Waals surface area (Å²) in [6.45, 7) is 16.6. The highest BCUT2D eigenvalue weighted by Gasteiger charge is 2.28. The molecule has 2 fully saturated rings. The molecule has 5 heteroatoms. The predicted molar refractivity (Wildman–Crippen MR) is 123 cm³/mol. The molecule has 0 radical (unpaired) electrons. The summed E-state index contributed by atoms with van der Waals surface area (Å²) in [5.74, 6) is 1.89. The first kappa shape index (κ1) is 22.1. The van der Waals surface area contributed by atoms with E-state index in [2.05, 4.69) is 71.1 Å². The monoisotopic (exact) mass is 399 g/mol. The molecule has 29 heavy (non-hydrogen) atoms. The summed E-state index contributed by atoms with van der Waals surface area (Å²) < 4.78 is 0. The van der Waals surface area contributed by atoms with Gasteiger partial charge >= 0.3 is 0 Å². The Morgan fingerprint density at radius 1 is 1.10 bits per heavy atom. The highest BCUT2D eigenvalue weighted by molar-refractivity contribution is 5.80. The van der Waals surface area contributed by atoms with Crippen molar-refractivity contribution in [1.29, 1.82) is 0 Å². The minimum absolute atomic E-state index is 0.568. The zero-order valence-electron chi connectivity index (χ0n) is 18.8. The zero-order valence-corrected chi connectivity index (χ0v) is 18.8. The van der Waals surface area contributed by atoms with Crippen LogP contribution in [0.25, 0.3) is 0 Å². The molecule has 5 nitrogen and oxygen atoms in total. The summed E-state index contributed by atoms with van der Waals surface area (Å²) in [7, 11) is 0. The van der Waals surface area contributed by atoms with E-state index < -0.39 is 0 Å². The van der Waals surface area contributed by atoms with Crippen LogP contribution >= 0.6 is 0 Å². The molecule has 2 aliphatic rings. The van der Waals surface area contributed by atoms with Crippen LogP contribution in [0.3, 0.4) is 0 Å². The Morgan fingerprint density at radius 2 is 1.90 bits per heavy atom. The average Bonchev–Trinajstić information content (AvgIpc) is 3.39. The molecule has 0 saturated carbocycles. The topological polar surface area (TPSA) is 34.1 Å². The molecule has 1 aromatic carbocycles. The highest BCUT2D eigenvalue weighted by atomic mass is 15.3. The molecule has 0 amide bonds. The van der Waals surface area contributed by atoms with Crippen molar-refractivity contribution in [1.82, 2.24) is 20.0 Å². The van der Waals surface area contributed by atoms with Crippen molar-refractivity contribution < 1.29 is 0 Å². The molecule has 0 aromatic heterocycles. The van der Waals surface area contributed by atoms with Gasteiger partial charge < -0.3 is 15.1 Å². The molecule has 0 spiro atoms. The highest BCUT2D eigenvalue weighted by Crippen LogP contribution is 2.21. The normalized spacial score (nSPS) is 23.3. The minimum atomic E-state index is 0.568. The fourth-order valence-electron chi connectivity index (χ4n) is 4.77. The SMILES string of the molecule is CCNC(=NCC1CCCN1Cc1ccccc1)N1CCC(CN(CC)CC)C1. The Balaban J connectivity index is 1.56. The zero-order chi connectivity index (χ0) is 20.5. The molecule has 0 bridgehead atoms. The van der Waals surface area contributed by atoms with E-state index in [9.17, 15) is 0 Å². The quantitative estimate of drug-likeness (QED) is 0.510. The first-order chi connectivity index (χ1) is 14.2. The van der Waals surface area contributed by atoms with Gasteiger partial charge in [-0.1, -0.05) is 44.2 Å². The molecule has 2 aliphatic heterocycles. The van der Waals surface area contributed by atoms with Gasteiger partial charge in [-0.3, -0.25) is 9.89 Å². The number of hydrogen-bond donors (Lipinski definition) is 1. The van der Waals surface area contributed by atoms with E-state index in [1.807, 2.05) is 0 Å². The van der Waals surface area contributed by atoms with Crippen LogP contribution in [-0.2, 0) is 6.54 Å². The number of rotatable bonds is 9. The Bertz CT molecular complexity index is 613. The minimum Gasteiger partial charge on any atom is -0.357 e. The number of likely N-dealkylation sites (tertiary alicyclic amines) is 2. The first-order valence-electron chi connectivity index (χ1n) is 11.8. The molecule has 2 unspecified atom stereocenters. The van der Waals surface area contributed by atoms with Gasteiger partial charge in [0.15, 0.2) is 5.96 Å². The number of aliphatic imine (C=N–C) groups is 1. The van der Waals surface area contributed by atoms with Gasteiger partial charge in [0.1, 0.15) is 0 Å². The van der Waals surface area contributed by atoms with Crippen LogP contribution in [0.15, 0.2) is 35.3 Å². The molecular formula is C24H41N5. The lowest BCUT2D eigenvalue weighted by molar-refractivity contribution is 0.249. The van der Waals surface area contributed by atoms with Crippen LogP contribution in [0.1, 0.15) is 45.6 Å². The molecular weight excluding hydrogens is 358 g/mol. The van der Waals surface area contributed by atoms with E-state index in [1.165, 1.54) is 37.9 Å². The van der Waals surface area contributed by atoms with Crippen LogP contribution in [0.5, 0.6) is 0 Å². The molecule has 162 valence electrons. The van der Waals surface area contributed by atoms with Gasteiger partial charge in [-0.15, -0.1) is 0 Å². The van der Waals surface area contributed by atoms with Crippen molar-refractivity contribution in [2.24, 2.45) is 10.9 Å². The number of guanidine groups is 1. The maximum absolute atomic E-state index is 5.10. The van der Waals surface area contributed by atoms with E-state index in [0.29, 0.717) is 6.04 Å². The van der Waals surface area contributed by atoms with Crippen LogP contribution in [-0.4, -0.2) is 79.1 Å². The van der Waals surface area contributed by atoms with Gasteiger partial charge in [-0.25, -0.2) is 0 Å². The van der Waals surface area contributed by atoms with Crippen LogP contribution in [0, 0.1) is 5.92 Å². The third-order valence-corrected chi connectivity index (χ3v) is 6.51. The average molecular weight is 400 g/mol. The lowest BCUT2D eigenvalue weighted by atomic mass is 10.1. The van der Waals surface area contributed by atoms with Crippen molar-refractivity contribution in [2.75, 3.05) is 52.4 Å². The molecule has 3 rings (SSSR count). The van der Waals surface area contributed by atoms with E-state index >= 15 is 0 Å². The molecule has 2 saturated heterocycles. The van der Waals surface area contributed by atoms with Crippen molar-refractivity contribution in [3.63, 3.8) is 0 Å². The molecule has 0 aliphatic carbocycles. The Hall–Kier alpha value is -1.59. The third-order valence-electron chi connectivity index (χ3n) is 6.51. The standard InChI is InChI=1S/C24H41N5/c1-4-25-24(29-16-14-22(20-29)18-27(5-2)6-3)26-17-23-13-10-15-28(23)19-21-11-8-7-9-12-21/h7-9,11-12,22-23H,4-6,10,13-20H2,1-3H3,(H,25,26). The summed E-state index contributed by atoms with van der Waals surface area (Å²) in [6, 6.07) is 11.4. The summed E-state index contributed by atoms with van der Waals surface area (Å²) in [6.07, 6.45) is 3.84. The number of nitrogens with one attached hydrogen (secondary N) is 1. The summed E-state index contributed by atoms with van der Waals surface area (Å²) in [4.78, 5) is 12.8. The lowest BCUT2D eigenvalue weighted by Crippen LogP contribution is -2.42. The van der Waals surface area contributed by atoms with E-state index in [1.54, 1.807) is 0 Å². The van der Waals surface area contributed by atoms with E-state index in [4.69, 9.17) is 4.99 Å². The second-order valence-corrected chi connectivity index (χ2v) is 8.53. The summed E-state index contributed by atoms with van der Waals surface area (Å²) >= 11 is 0. The third kappa shape index (κ3) is 6.45. The largest absolute Gasteiger partial charge is 0.357 e. The number of benzene rings is 1. The van der Waals surface area contributed by atoms with Gasteiger partial charge in [0, 0.05) is 38.8 Å². The first-order valence-corrected chi connectivity index (χ1v) is 11.8. The Kier molecular flexibility index (Phi) is 8.81. The predicted octanol–water partition coefficient (Wildman–Crippen LogP) is 3.28.